The Morgan fingerprint density at radius 2 is 1.44 bits per heavy atom. The van der Waals surface area contributed by atoms with Crippen LogP contribution >= 0.6 is 0 Å². The van der Waals surface area contributed by atoms with Crippen LogP contribution in [-0.4, -0.2) is 64.4 Å². The van der Waals surface area contributed by atoms with Crippen molar-refractivity contribution in [1.29, 1.82) is 0 Å². The monoisotopic (exact) mass is 456 g/mol. The van der Waals surface area contributed by atoms with Gasteiger partial charge in [0, 0.05) is 26.3 Å². The molecule has 0 spiro atoms. The fraction of sp³-hybridized carbons (Fsp3) is 0.682. The third-order valence-corrected chi connectivity index (χ3v) is 3.74. The number of amides is 1. The summed E-state index contributed by atoms with van der Waals surface area (Å²) in [6.07, 6.45) is 1.12. The van der Waals surface area contributed by atoms with Gasteiger partial charge in [0.15, 0.2) is 0 Å². The Bertz CT molecular complexity index is 571. The molecule has 0 aliphatic carbocycles. The first-order valence-corrected chi connectivity index (χ1v) is 11.1. The molecular formula is C22H40N4O6. The predicted octanol–water partition coefficient (Wildman–Crippen LogP) is 2.07. The van der Waals surface area contributed by atoms with Crippen LogP contribution in [-0.2, 0) is 30.4 Å². The Morgan fingerprint density at radius 1 is 0.844 bits per heavy atom. The molecule has 0 bridgehead atoms. The number of benzene rings is 1. The quantitative estimate of drug-likeness (QED) is 0.184. The lowest BCUT2D eigenvalue weighted by atomic mass is 10.2. The van der Waals surface area contributed by atoms with Gasteiger partial charge in [-0.1, -0.05) is 30.3 Å². The second-order valence-corrected chi connectivity index (χ2v) is 7.89. The molecule has 1 aromatic carbocycles. The Kier molecular flexibility index (Phi) is 16.5. The van der Waals surface area contributed by atoms with Gasteiger partial charge in [-0.25, -0.2) is 21.1 Å². The minimum absolute atomic E-state index is 0.524. The maximum atomic E-state index is 11.4. The summed E-state index contributed by atoms with van der Waals surface area (Å²) in [5.74, 6) is 0. The van der Waals surface area contributed by atoms with Crippen LogP contribution in [0.3, 0.4) is 0 Å². The van der Waals surface area contributed by atoms with Gasteiger partial charge in [0.1, 0.15) is 5.60 Å². The Morgan fingerprint density at radius 3 is 2.06 bits per heavy atom. The molecule has 0 heterocycles. The molecule has 0 aliphatic heterocycles. The third kappa shape index (κ3) is 18.9. The van der Waals surface area contributed by atoms with E-state index in [2.05, 4.69) is 21.9 Å². The summed E-state index contributed by atoms with van der Waals surface area (Å²) in [4.78, 5) is 16.8. The molecule has 1 rings (SSSR count). The fourth-order valence-corrected chi connectivity index (χ4v) is 2.29. The van der Waals surface area contributed by atoms with E-state index < -0.39 is 11.7 Å². The number of hydrogen-bond acceptors (Lipinski definition) is 9. The summed E-state index contributed by atoms with van der Waals surface area (Å²) >= 11 is 0. The molecule has 4 N–H and O–H groups in total. The van der Waals surface area contributed by atoms with Gasteiger partial charge >= 0.3 is 6.09 Å². The van der Waals surface area contributed by atoms with Crippen molar-refractivity contribution in [3.63, 3.8) is 0 Å². The summed E-state index contributed by atoms with van der Waals surface area (Å²) in [7, 11) is 0. The molecule has 0 unspecified atom stereocenters. The van der Waals surface area contributed by atoms with E-state index in [-0.39, 0.29) is 0 Å². The number of nitrogens with one attached hydrogen (secondary N) is 4. The zero-order chi connectivity index (χ0) is 23.3. The van der Waals surface area contributed by atoms with E-state index in [0.717, 1.165) is 24.9 Å². The second-order valence-electron chi connectivity index (χ2n) is 7.89. The van der Waals surface area contributed by atoms with Crippen molar-refractivity contribution in [1.82, 2.24) is 21.9 Å². The number of carbonyl (C=O) groups is 1. The highest BCUT2D eigenvalue weighted by molar-refractivity contribution is 5.66. The van der Waals surface area contributed by atoms with Crippen molar-refractivity contribution < 1.29 is 28.6 Å². The SMILES string of the molecule is CC(C)(C)OC(=O)NNNCCCOCCOCCOCCCNOCc1ccccc1. The highest BCUT2D eigenvalue weighted by Gasteiger charge is 2.15. The van der Waals surface area contributed by atoms with E-state index >= 15 is 0 Å². The van der Waals surface area contributed by atoms with E-state index in [1.807, 2.05) is 30.3 Å². The number of carbonyl (C=O) groups excluding carboxylic acids is 1. The molecule has 184 valence electrons. The van der Waals surface area contributed by atoms with E-state index in [4.69, 9.17) is 23.8 Å². The van der Waals surface area contributed by atoms with E-state index in [1.165, 1.54) is 0 Å². The summed E-state index contributed by atoms with van der Waals surface area (Å²) < 4.78 is 21.5. The molecule has 0 atom stereocenters. The van der Waals surface area contributed by atoms with Gasteiger partial charge in [0.05, 0.1) is 33.0 Å². The van der Waals surface area contributed by atoms with E-state index in [0.29, 0.717) is 52.8 Å². The predicted molar refractivity (Wildman–Crippen MR) is 121 cm³/mol. The van der Waals surface area contributed by atoms with Gasteiger partial charge < -0.3 is 18.9 Å². The van der Waals surface area contributed by atoms with Crippen LogP contribution in [0.4, 0.5) is 4.79 Å². The lowest BCUT2D eigenvalue weighted by Gasteiger charge is -2.19. The zero-order valence-corrected chi connectivity index (χ0v) is 19.6. The molecule has 32 heavy (non-hydrogen) atoms. The van der Waals surface area contributed by atoms with Crippen LogP contribution in [0, 0.1) is 0 Å². The highest BCUT2D eigenvalue weighted by atomic mass is 16.6. The van der Waals surface area contributed by atoms with Gasteiger partial charge in [-0.15, -0.1) is 0 Å². The highest BCUT2D eigenvalue weighted by Crippen LogP contribution is 2.05. The first-order chi connectivity index (χ1) is 15.5. The number of hydrazine groups is 2. The zero-order valence-electron chi connectivity index (χ0n) is 19.6. The van der Waals surface area contributed by atoms with E-state index in [9.17, 15) is 4.79 Å². The van der Waals surface area contributed by atoms with Gasteiger partial charge in [-0.2, -0.15) is 5.53 Å². The normalized spacial score (nSPS) is 11.5. The van der Waals surface area contributed by atoms with Crippen molar-refractivity contribution in [2.75, 3.05) is 52.7 Å². The summed E-state index contributed by atoms with van der Waals surface area (Å²) in [6, 6.07) is 10.0. The van der Waals surface area contributed by atoms with Gasteiger partial charge in [-0.3, -0.25) is 4.84 Å². The average Bonchev–Trinajstić information content (AvgIpc) is 2.75. The molecule has 1 amide bonds. The Labute approximate surface area is 191 Å². The molecule has 1 aromatic rings. The second kappa shape index (κ2) is 18.8. The van der Waals surface area contributed by atoms with Crippen molar-refractivity contribution >= 4 is 6.09 Å². The first-order valence-electron chi connectivity index (χ1n) is 11.1. The minimum Gasteiger partial charge on any atom is -0.443 e. The molecule has 0 fully saturated rings. The maximum absolute atomic E-state index is 11.4. The largest absolute Gasteiger partial charge is 0.443 e. The van der Waals surface area contributed by atoms with Crippen molar-refractivity contribution in [3.05, 3.63) is 35.9 Å². The number of hydrogen-bond donors (Lipinski definition) is 4. The van der Waals surface area contributed by atoms with Crippen molar-refractivity contribution in [2.45, 2.75) is 45.8 Å². The van der Waals surface area contributed by atoms with Crippen molar-refractivity contribution in [3.8, 4) is 0 Å². The molecule has 0 radical (unpaired) electrons. The van der Waals surface area contributed by atoms with E-state index in [1.54, 1.807) is 20.8 Å². The Hall–Kier alpha value is -1.79. The molecule has 0 aromatic heterocycles. The molecule has 10 heteroatoms. The molecular weight excluding hydrogens is 416 g/mol. The number of rotatable bonds is 19. The third-order valence-electron chi connectivity index (χ3n) is 3.74. The lowest BCUT2D eigenvalue weighted by Crippen LogP contribution is -2.48. The molecule has 0 saturated carbocycles. The van der Waals surface area contributed by atoms with Gasteiger partial charge in [0.2, 0.25) is 0 Å². The standard InChI is InChI=1S/C22H40N4O6/c1-22(2,3)32-21(27)25-26-23-11-7-13-28-15-17-30-18-16-29-14-8-12-24-31-19-20-9-5-4-6-10-20/h4-6,9-10,23-24,26H,7-8,11-19H2,1-3H3,(H,25,27). The van der Waals surface area contributed by atoms with Crippen LogP contribution in [0.1, 0.15) is 39.2 Å². The van der Waals surface area contributed by atoms with Crippen LogP contribution in [0.25, 0.3) is 0 Å². The minimum atomic E-state index is -0.535. The molecule has 0 saturated heterocycles. The first kappa shape index (κ1) is 28.2. The molecule has 10 nitrogen and oxygen atoms in total. The van der Waals surface area contributed by atoms with Crippen LogP contribution < -0.4 is 21.9 Å². The lowest BCUT2D eigenvalue weighted by molar-refractivity contribution is 0.00502. The fourth-order valence-electron chi connectivity index (χ4n) is 2.29. The maximum Gasteiger partial charge on any atom is 0.423 e. The van der Waals surface area contributed by atoms with Crippen LogP contribution in [0.2, 0.25) is 0 Å². The Balaban J connectivity index is 1.71. The summed E-state index contributed by atoms with van der Waals surface area (Å²) in [6.45, 7) is 10.8. The van der Waals surface area contributed by atoms with Gasteiger partial charge in [0.25, 0.3) is 0 Å². The summed E-state index contributed by atoms with van der Waals surface area (Å²) in [5, 5.41) is 0. The molecule has 0 aliphatic rings. The number of ether oxygens (including phenoxy) is 4. The van der Waals surface area contributed by atoms with Crippen LogP contribution in [0.5, 0.6) is 0 Å². The number of hydroxylamine groups is 1. The van der Waals surface area contributed by atoms with Crippen LogP contribution in [0.15, 0.2) is 30.3 Å². The summed E-state index contributed by atoms with van der Waals surface area (Å²) in [5.41, 5.74) is 11.4. The van der Waals surface area contributed by atoms with Crippen molar-refractivity contribution in [2.24, 2.45) is 0 Å². The topological polar surface area (TPSA) is 111 Å². The average molecular weight is 457 g/mol. The van der Waals surface area contributed by atoms with Gasteiger partial charge in [-0.05, 0) is 39.2 Å². The smallest absolute Gasteiger partial charge is 0.423 e.